The predicted octanol–water partition coefficient (Wildman–Crippen LogP) is -0.709. The van der Waals surface area contributed by atoms with Crippen LogP contribution in [0.15, 0.2) is 29.2 Å². The van der Waals surface area contributed by atoms with Crippen LogP contribution in [0.2, 0.25) is 0 Å². The van der Waals surface area contributed by atoms with E-state index in [0.717, 1.165) is 0 Å². The van der Waals surface area contributed by atoms with Gasteiger partial charge in [0.15, 0.2) is 0 Å². The van der Waals surface area contributed by atoms with Crippen molar-refractivity contribution in [2.75, 3.05) is 20.3 Å². The number of aromatic hydroxyl groups is 1. The number of nitrogens with two attached hydrogens (primary N) is 1. The second-order valence-electron chi connectivity index (χ2n) is 2.99. The van der Waals surface area contributed by atoms with Crippen LogP contribution in [0.3, 0.4) is 0 Å². The molecule has 0 saturated heterocycles. The molecule has 1 aromatic carbocycles. The first-order valence-electron chi connectivity index (χ1n) is 4.42. The molecule has 0 aliphatic carbocycles. The SMILES string of the molecule is COCC[NH2+]S(=O)(=O)c1ccc(O)cc1. The van der Waals surface area contributed by atoms with E-state index in [1.54, 1.807) is 0 Å². The van der Waals surface area contributed by atoms with Gasteiger partial charge >= 0.3 is 10.0 Å². The maximum absolute atomic E-state index is 11.6. The molecule has 84 valence electrons. The monoisotopic (exact) mass is 232 g/mol. The van der Waals surface area contributed by atoms with Gasteiger partial charge in [0.2, 0.25) is 0 Å². The van der Waals surface area contributed by atoms with Crippen molar-refractivity contribution in [2.45, 2.75) is 4.90 Å². The largest absolute Gasteiger partial charge is 0.508 e. The molecule has 3 N–H and O–H groups in total. The second-order valence-corrected chi connectivity index (χ2v) is 4.88. The van der Waals surface area contributed by atoms with Crippen LogP contribution in [0.25, 0.3) is 0 Å². The van der Waals surface area contributed by atoms with Crippen molar-refractivity contribution >= 4 is 10.0 Å². The summed E-state index contributed by atoms with van der Waals surface area (Å²) in [5.74, 6) is 0.0471. The summed E-state index contributed by atoms with van der Waals surface area (Å²) in [6.07, 6.45) is 0. The van der Waals surface area contributed by atoms with Crippen molar-refractivity contribution in [3.63, 3.8) is 0 Å². The molecule has 0 heterocycles. The number of hydrogen-bond acceptors (Lipinski definition) is 4. The maximum Gasteiger partial charge on any atom is 0.324 e. The van der Waals surface area contributed by atoms with Crippen LogP contribution < -0.4 is 4.72 Å². The van der Waals surface area contributed by atoms with Crippen molar-refractivity contribution in [2.24, 2.45) is 0 Å². The third kappa shape index (κ3) is 3.50. The lowest BCUT2D eigenvalue weighted by atomic mass is 10.3. The van der Waals surface area contributed by atoms with E-state index in [0.29, 0.717) is 13.2 Å². The quantitative estimate of drug-likeness (QED) is 0.657. The number of sulfonamides is 1. The molecule has 0 radical (unpaired) electrons. The van der Waals surface area contributed by atoms with Crippen molar-refractivity contribution in [3.8, 4) is 5.75 Å². The Hall–Kier alpha value is -1.11. The molecule has 15 heavy (non-hydrogen) atoms. The van der Waals surface area contributed by atoms with E-state index in [1.807, 2.05) is 0 Å². The fourth-order valence-corrected chi connectivity index (χ4v) is 2.17. The van der Waals surface area contributed by atoms with Crippen LogP contribution >= 0.6 is 0 Å². The molecule has 0 aliphatic rings. The molecular weight excluding hydrogens is 218 g/mol. The number of primary sulfonamides is 1. The lowest BCUT2D eigenvalue weighted by Gasteiger charge is -2.02. The summed E-state index contributed by atoms with van der Waals surface area (Å²) in [6, 6.07) is 5.43. The fourth-order valence-electron chi connectivity index (χ4n) is 1.05. The maximum atomic E-state index is 11.6. The zero-order valence-electron chi connectivity index (χ0n) is 8.38. The number of phenolic OH excluding ortho intramolecular Hbond substituents is 1. The van der Waals surface area contributed by atoms with Crippen molar-refractivity contribution in [1.82, 2.24) is 0 Å². The van der Waals surface area contributed by atoms with Crippen molar-refractivity contribution in [3.05, 3.63) is 24.3 Å². The molecule has 6 heteroatoms. The lowest BCUT2D eigenvalue weighted by molar-refractivity contribution is -0.499. The molecule has 1 rings (SSSR count). The highest BCUT2D eigenvalue weighted by Gasteiger charge is 2.16. The summed E-state index contributed by atoms with van der Waals surface area (Å²) in [7, 11) is -1.85. The summed E-state index contributed by atoms with van der Waals surface area (Å²) in [5, 5.41) is 9.01. The number of ether oxygens (including phenoxy) is 1. The smallest absolute Gasteiger partial charge is 0.324 e. The van der Waals surface area contributed by atoms with Gasteiger partial charge in [-0.15, -0.1) is 0 Å². The molecule has 0 aliphatic heterocycles. The fraction of sp³-hybridized carbons (Fsp3) is 0.333. The Balaban J connectivity index is 2.73. The van der Waals surface area contributed by atoms with E-state index in [2.05, 4.69) is 0 Å². The summed E-state index contributed by atoms with van der Waals surface area (Å²) >= 11 is 0. The molecular formula is C9H14NO4S+. The van der Waals surface area contributed by atoms with E-state index < -0.39 is 10.0 Å². The van der Waals surface area contributed by atoms with Crippen LogP contribution in [0, 0.1) is 0 Å². The summed E-state index contributed by atoms with van der Waals surface area (Å²) in [4.78, 5) is 0.177. The van der Waals surface area contributed by atoms with Crippen LogP contribution in [-0.4, -0.2) is 33.8 Å². The minimum atomic E-state index is -3.37. The zero-order chi connectivity index (χ0) is 11.3. The second kappa shape index (κ2) is 5.11. The third-order valence-electron chi connectivity index (χ3n) is 1.82. The number of quaternary nitrogens is 1. The van der Waals surface area contributed by atoms with Gasteiger partial charge in [-0.1, -0.05) is 0 Å². The van der Waals surface area contributed by atoms with Gasteiger partial charge in [0, 0.05) is 7.11 Å². The average molecular weight is 232 g/mol. The molecule has 1 aromatic rings. The first kappa shape index (κ1) is 12.0. The van der Waals surface area contributed by atoms with Gasteiger partial charge in [0.25, 0.3) is 0 Å². The van der Waals surface area contributed by atoms with Gasteiger partial charge in [-0.2, -0.15) is 8.42 Å². The average Bonchev–Trinajstić information content (AvgIpc) is 2.18. The van der Waals surface area contributed by atoms with Crippen LogP contribution in [-0.2, 0) is 14.8 Å². The molecule has 0 unspecified atom stereocenters. The lowest BCUT2D eigenvalue weighted by Crippen LogP contribution is -2.88. The molecule has 0 aromatic heterocycles. The first-order chi connectivity index (χ1) is 7.06. The van der Waals surface area contributed by atoms with Gasteiger partial charge in [-0.05, 0) is 24.3 Å². The number of methoxy groups -OCH3 is 1. The van der Waals surface area contributed by atoms with Gasteiger partial charge in [-0.3, -0.25) is 0 Å². The highest BCUT2D eigenvalue weighted by atomic mass is 32.2. The molecule has 0 fully saturated rings. The van der Waals surface area contributed by atoms with Gasteiger partial charge < -0.3 is 9.84 Å². The third-order valence-corrected chi connectivity index (χ3v) is 3.43. The summed E-state index contributed by atoms with van der Waals surface area (Å²) < 4.78 is 29.2. The Morgan fingerprint density at radius 1 is 1.33 bits per heavy atom. The van der Waals surface area contributed by atoms with Gasteiger partial charge in [-0.25, -0.2) is 4.72 Å². The van der Waals surface area contributed by atoms with E-state index in [-0.39, 0.29) is 10.6 Å². The Labute approximate surface area is 88.7 Å². The topological polar surface area (TPSA) is 80.2 Å². The number of phenols is 1. The zero-order valence-corrected chi connectivity index (χ0v) is 9.20. The van der Waals surface area contributed by atoms with E-state index in [4.69, 9.17) is 9.84 Å². The number of benzene rings is 1. The van der Waals surface area contributed by atoms with Crippen LogP contribution in [0.5, 0.6) is 5.75 Å². The summed E-state index contributed by atoms with van der Waals surface area (Å²) in [5.41, 5.74) is 0. The normalized spacial score (nSPS) is 11.5. The van der Waals surface area contributed by atoms with Crippen molar-refractivity contribution in [1.29, 1.82) is 0 Å². The molecule has 0 bridgehead atoms. The Morgan fingerprint density at radius 2 is 1.93 bits per heavy atom. The van der Waals surface area contributed by atoms with Gasteiger partial charge in [0.05, 0.1) is 6.61 Å². The minimum Gasteiger partial charge on any atom is -0.508 e. The highest BCUT2D eigenvalue weighted by Crippen LogP contribution is 2.11. The first-order valence-corrected chi connectivity index (χ1v) is 5.97. The minimum absolute atomic E-state index is 0.0471. The molecule has 0 saturated carbocycles. The van der Waals surface area contributed by atoms with Crippen LogP contribution in [0.4, 0.5) is 0 Å². The van der Waals surface area contributed by atoms with Crippen LogP contribution in [0.1, 0.15) is 0 Å². The molecule has 5 nitrogen and oxygen atoms in total. The van der Waals surface area contributed by atoms with E-state index in [1.165, 1.54) is 36.1 Å². The molecule has 0 amide bonds. The number of rotatable bonds is 5. The van der Waals surface area contributed by atoms with E-state index in [9.17, 15) is 8.42 Å². The Bertz CT molecular complexity index is 399. The Morgan fingerprint density at radius 3 is 2.47 bits per heavy atom. The highest BCUT2D eigenvalue weighted by molar-refractivity contribution is 7.84. The van der Waals surface area contributed by atoms with Crippen molar-refractivity contribution < 1.29 is 23.0 Å². The van der Waals surface area contributed by atoms with E-state index >= 15 is 0 Å². The molecule has 0 spiro atoms. The number of hydrogen-bond donors (Lipinski definition) is 2. The van der Waals surface area contributed by atoms with Gasteiger partial charge in [0.1, 0.15) is 17.2 Å². The summed E-state index contributed by atoms with van der Waals surface area (Å²) in [6.45, 7) is 0.719. The predicted molar refractivity (Wildman–Crippen MR) is 54.0 cm³/mol. The molecule has 0 atom stereocenters. The standard InChI is InChI=1S/C9H13NO4S/c1-14-7-6-10-15(12,13)9-4-2-8(11)3-5-9/h2-5,10-11H,6-7H2,1H3/p+1. The Kier molecular flexibility index (Phi) is 4.07.